The van der Waals surface area contributed by atoms with E-state index < -0.39 is 0 Å². The van der Waals surface area contributed by atoms with Gasteiger partial charge >= 0.3 is 6.03 Å². The van der Waals surface area contributed by atoms with E-state index in [1.807, 2.05) is 12.1 Å². The van der Waals surface area contributed by atoms with Crippen molar-refractivity contribution in [3.8, 4) is 0 Å². The summed E-state index contributed by atoms with van der Waals surface area (Å²) in [6, 6.07) is 3.58. The number of hydrogen-bond donors (Lipinski definition) is 2. The number of urea groups is 1. The molecule has 0 radical (unpaired) electrons. The fourth-order valence-corrected chi connectivity index (χ4v) is 2.99. The van der Waals surface area contributed by atoms with E-state index in [0.717, 1.165) is 57.4 Å². The van der Waals surface area contributed by atoms with E-state index in [2.05, 4.69) is 25.4 Å². The van der Waals surface area contributed by atoms with Gasteiger partial charge in [-0.05, 0) is 25.0 Å². The van der Waals surface area contributed by atoms with Gasteiger partial charge in [0.15, 0.2) is 5.82 Å². The van der Waals surface area contributed by atoms with Crippen LogP contribution < -0.4 is 15.5 Å². The number of amides is 2. The minimum absolute atomic E-state index is 0.174. The minimum atomic E-state index is -0.174. The first-order chi connectivity index (χ1) is 11.3. The van der Waals surface area contributed by atoms with Crippen LogP contribution in [0.3, 0.4) is 0 Å². The monoisotopic (exact) mass is 319 g/mol. The molecule has 3 rings (SSSR count). The molecule has 0 aliphatic carbocycles. The van der Waals surface area contributed by atoms with E-state index in [1.54, 1.807) is 6.20 Å². The molecule has 7 heteroatoms. The van der Waals surface area contributed by atoms with Gasteiger partial charge in [-0.2, -0.15) is 0 Å². The number of carbonyl (C=O) groups is 1. The largest absolute Gasteiger partial charge is 0.379 e. The van der Waals surface area contributed by atoms with Crippen LogP contribution >= 0.6 is 0 Å². The molecule has 0 bridgehead atoms. The Kier molecular flexibility index (Phi) is 5.65. The van der Waals surface area contributed by atoms with Crippen molar-refractivity contribution in [2.24, 2.45) is 0 Å². The van der Waals surface area contributed by atoms with Crippen molar-refractivity contribution in [3.63, 3.8) is 0 Å². The summed E-state index contributed by atoms with van der Waals surface area (Å²) < 4.78 is 5.32. The molecule has 2 aliphatic heterocycles. The molecule has 1 aromatic heterocycles. The maximum atomic E-state index is 12.1. The van der Waals surface area contributed by atoms with Gasteiger partial charge < -0.3 is 20.3 Å². The van der Waals surface area contributed by atoms with Crippen molar-refractivity contribution in [2.75, 3.05) is 62.7 Å². The Bertz CT molecular complexity index is 513. The van der Waals surface area contributed by atoms with Crippen molar-refractivity contribution < 1.29 is 9.53 Å². The summed E-state index contributed by atoms with van der Waals surface area (Å²) in [6.45, 7) is 6.92. The zero-order chi connectivity index (χ0) is 15.9. The smallest absolute Gasteiger partial charge is 0.319 e. The Hall–Kier alpha value is -1.86. The van der Waals surface area contributed by atoms with Gasteiger partial charge in [0.25, 0.3) is 0 Å². The lowest BCUT2D eigenvalue weighted by molar-refractivity contribution is 0.0388. The molecule has 2 amide bonds. The Labute approximate surface area is 137 Å². The predicted molar refractivity (Wildman–Crippen MR) is 90.0 cm³/mol. The summed E-state index contributed by atoms with van der Waals surface area (Å²) in [5.41, 5.74) is 0.776. The lowest BCUT2D eigenvalue weighted by Crippen LogP contribution is -2.42. The molecule has 2 N–H and O–H groups in total. The molecule has 1 aromatic rings. The first kappa shape index (κ1) is 16.0. The van der Waals surface area contributed by atoms with Gasteiger partial charge in [-0.1, -0.05) is 0 Å². The normalized spacial score (nSPS) is 18.9. The van der Waals surface area contributed by atoms with Crippen LogP contribution in [0, 0.1) is 0 Å². The molecule has 2 aliphatic rings. The number of hydrogen-bond acceptors (Lipinski definition) is 5. The maximum absolute atomic E-state index is 12.1. The average molecular weight is 319 g/mol. The fraction of sp³-hybridized carbons (Fsp3) is 0.625. The number of morpholine rings is 1. The zero-order valence-electron chi connectivity index (χ0n) is 13.5. The molecule has 0 saturated carbocycles. The second kappa shape index (κ2) is 8.12. The number of nitrogens with zero attached hydrogens (tertiary/aromatic N) is 3. The topological polar surface area (TPSA) is 69.7 Å². The highest BCUT2D eigenvalue weighted by Crippen LogP contribution is 2.25. The van der Waals surface area contributed by atoms with Gasteiger partial charge in [0, 0.05) is 45.5 Å². The van der Waals surface area contributed by atoms with Crippen LogP contribution in [0.2, 0.25) is 0 Å². The van der Waals surface area contributed by atoms with Crippen molar-refractivity contribution in [1.29, 1.82) is 0 Å². The number of nitrogens with one attached hydrogen (secondary N) is 2. The number of pyridine rings is 1. The standard InChI is InChI=1S/C16H25N5O2/c22-16(18-6-9-20-10-12-23-13-11-20)19-14-4-3-5-17-15(14)21-7-1-2-8-21/h3-5H,1-2,6-13H2,(H2,18,19,22). The molecular weight excluding hydrogens is 294 g/mol. The highest BCUT2D eigenvalue weighted by atomic mass is 16.5. The second-order valence-electron chi connectivity index (χ2n) is 5.90. The van der Waals surface area contributed by atoms with Gasteiger partial charge in [-0.3, -0.25) is 4.90 Å². The Morgan fingerprint density at radius 3 is 2.78 bits per heavy atom. The van der Waals surface area contributed by atoms with Crippen LogP contribution in [-0.2, 0) is 4.74 Å². The fourth-order valence-electron chi connectivity index (χ4n) is 2.99. The van der Waals surface area contributed by atoms with Crippen molar-refractivity contribution >= 4 is 17.5 Å². The third-order valence-corrected chi connectivity index (χ3v) is 4.26. The van der Waals surface area contributed by atoms with E-state index >= 15 is 0 Å². The first-order valence-corrected chi connectivity index (χ1v) is 8.38. The summed E-state index contributed by atoms with van der Waals surface area (Å²) in [7, 11) is 0. The number of aromatic nitrogens is 1. The quantitative estimate of drug-likeness (QED) is 0.851. The molecule has 2 saturated heterocycles. The summed E-state index contributed by atoms with van der Waals surface area (Å²) >= 11 is 0. The number of anilines is 2. The molecule has 7 nitrogen and oxygen atoms in total. The van der Waals surface area contributed by atoms with E-state index in [0.29, 0.717) is 6.54 Å². The van der Waals surface area contributed by atoms with E-state index in [9.17, 15) is 4.79 Å². The Balaban J connectivity index is 1.47. The predicted octanol–water partition coefficient (Wildman–Crippen LogP) is 1.14. The maximum Gasteiger partial charge on any atom is 0.319 e. The van der Waals surface area contributed by atoms with Crippen molar-refractivity contribution in [2.45, 2.75) is 12.8 Å². The molecule has 3 heterocycles. The average Bonchev–Trinajstić information content (AvgIpc) is 3.11. The van der Waals surface area contributed by atoms with Gasteiger partial charge in [-0.25, -0.2) is 9.78 Å². The van der Waals surface area contributed by atoms with Crippen LogP contribution in [0.1, 0.15) is 12.8 Å². The molecule has 23 heavy (non-hydrogen) atoms. The Morgan fingerprint density at radius 1 is 1.22 bits per heavy atom. The molecule has 0 unspecified atom stereocenters. The minimum Gasteiger partial charge on any atom is -0.379 e. The number of ether oxygens (including phenoxy) is 1. The van der Waals surface area contributed by atoms with Gasteiger partial charge in [0.05, 0.1) is 18.9 Å². The highest BCUT2D eigenvalue weighted by molar-refractivity contribution is 5.92. The van der Waals surface area contributed by atoms with Crippen molar-refractivity contribution in [3.05, 3.63) is 18.3 Å². The van der Waals surface area contributed by atoms with Crippen LogP contribution in [0.15, 0.2) is 18.3 Å². The van der Waals surface area contributed by atoms with Crippen LogP contribution in [0.4, 0.5) is 16.3 Å². The van der Waals surface area contributed by atoms with E-state index in [-0.39, 0.29) is 6.03 Å². The summed E-state index contributed by atoms with van der Waals surface area (Å²) in [6.07, 6.45) is 4.14. The molecule has 0 spiro atoms. The van der Waals surface area contributed by atoms with E-state index in [1.165, 1.54) is 12.8 Å². The molecule has 0 aromatic carbocycles. The van der Waals surface area contributed by atoms with Gasteiger partial charge in [0.2, 0.25) is 0 Å². The van der Waals surface area contributed by atoms with Gasteiger partial charge in [0.1, 0.15) is 0 Å². The van der Waals surface area contributed by atoms with E-state index in [4.69, 9.17) is 4.74 Å². The number of carbonyl (C=O) groups excluding carboxylic acids is 1. The second-order valence-corrected chi connectivity index (χ2v) is 5.90. The first-order valence-electron chi connectivity index (χ1n) is 8.38. The summed E-state index contributed by atoms with van der Waals surface area (Å²) in [5, 5.41) is 5.85. The molecule has 2 fully saturated rings. The SMILES string of the molecule is O=C(NCCN1CCOCC1)Nc1cccnc1N1CCCC1. The molecule has 126 valence electrons. The lowest BCUT2D eigenvalue weighted by atomic mass is 10.3. The van der Waals surface area contributed by atoms with Crippen molar-refractivity contribution in [1.82, 2.24) is 15.2 Å². The Morgan fingerprint density at radius 2 is 2.00 bits per heavy atom. The third-order valence-electron chi connectivity index (χ3n) is 4.26. The highest BCUT2D eigenvalue weighted by Gasteiger charge is 2.18. The molecular formula is C16H25N5O2. The summed E-state index contributed by atoms with van der Waals surface area (Å²) in [4.78, 5) is 21.1. The summed E-state index contributed by atoms with van der Waals surface area (Å²) in [5.74, 6) is 0.869. The number of rotatable bonds is 5. The van der Waals surface area contributed by atoms with Crippen LogP contribution in [-0.4, -0.2) is 68.4 Å². The van der Waals surface area contributed by atoms with Gasteiger partial charge in [-0.15, -0.1) is 0 Å². The van der Waals surface area contributed by atoms with Crippen LogP contribution in [0.25, 0.3) is 0 Å². The lowest BCUT2D eigenvalue weighted by Gasteiger charge is -2.26. The zero-order valence-corrected chi connectivity index (χ0v) is 13.5. The molecule has 0 atom stereocenters. The third kappa shape index (κ3) is 4.56. The van der Waals surface area contributed by atoms with Crippen LogP contribution in [0.5, 0.6) is 0 Å².